The van der Waals surface area contributed by atoms with Gasteiger partial charge in [0.25, 0.3) is 0 Å². The Labute approximate surface area is 400 Å². The first-order valence-corrected chi connectivity index (χ1v) is 27.1. The van der Waals surface area contributed by atoms with Gasteiger partial charge in [0, 0.05) is 6.42 Å². The van der Waals surface area contributed by atoms with Gasteiger partial charge in [0.1, 0.15) is 54.7 Å². The molecule has 5 unspecified atom stereocenters. The first kappa shape index (κ1) is 52.2. The standard InChI is InChI=1S/C42H47N7O17P4/c1-29(41(50)58-24-31-15-7-3-8-16-31)47-67(52,62-33-19-11-5-12-20-33)65-69(54,55)60-26-35-23-36(40(61-35)49-28-46-37-38(43)44-27-45-39(37)49)64-70(56,57)66-68(53,63-34-21-13-6-14-22-34)48-30(2)42(51)59-25-32-17-9-4-10-18-32/h3-22,27-30,35-36,40H,23-26H2,1-2H3,(H,47,52)(H,48,53)(H,54,55)(H,56,57)(H2,43,44,45)/t29-,30-,35-,36-,40?,67?,68?/m0/s1. The van der Waals surface area contributed by atoms with E-state index in [1.54, 1.807) is 72.8 Å². The second-order valence-corrected chi connectivity index (χ2v) is 21.7. The van der Waals surface area contributed by atoms with Crippen LogP contribution in [-0.2, 0) is 72.9 Å². The molecule has 0 radical (unpaired) electrons. The molecule has 7 rings (SSSR count). The van der Waals surface area contributed by atoms with Crippen LogP contribution < -0.4 is 25.0 Å². The summed E-state index contributed by atoms with van der Waals surface area (Å²) < 4.78 is 107. The minimum Gasteiger partial charge on any atom is -0.460 e. The van der Waals surface area contributed by atoms with Crippen molar-refractivity contribution in [3.8, 4) is 11.5 Å². The number of rotatable bonds is 24. The Balaban J connectivity index is 1.08. The SMILES string of the molecule is C[C@H](NP(=O)(Oc1ccccc1)OP(=O)(O)OC[C@@H]1C[C@H](OP(=O)(O)OP(=O)(N[C@@H](C)C(=O)OCc2ccccc2)Oc2ccccc2)C(n2cnc3c(N)ncnc32)O1)C(=O)OCc1ccccc1. The van der Waals surface area contributed by atoms with Crippen LogP contribution in [0.1, 0.15) is 37.6 Å². The predicted octanol–water partition coefficient (Wildman–Crippen LogP) is 7.15. The minimum atomic E-state index is -5.59. The number of phosphoric ester groups is 2. The third-order valence-electron chi connectivity index (χ3n) is 9.72. The fourth-order valence-electron chi connectivity index (χ4n) is 6.54. The van der Waals surface area contributed by atoms with Crippen LogP contribution in [0.5, 0.6) is 11.5 Å². The topological polar surface area (TPSA) is 320 Å². The molecule has 0 aliphatic carbocycles. The summed E-state index contributed by atoms with van der Waals surface area (Å²) >= 11 is 0. The van der Waals surface area contributed by atoms with Crippen molar-refractivity contribution in [2.75, 3.05) is 12.3 Å². The fourth-order valence-corrected chi connectivity index (χ4v) is 12.7. The number of imidazole rings is 1. The Morgan fingerprint density at radius 1 is 0.714 bits per heavy atom. The van der Waals surface area contributed by atoms with Crippen molar-refractivity contribution in [3.05, 3.63) is 145 Å². The Kier molecular flexibility index (Phi) is 17.2. The average Bonchev–Trinajstić information content (AvgIpc) is 3.94. The van der Waals surface area contributed by atoms with Crippen molar-refractivity contribution < 1.29 is 78.6 Å². The molecule has 6 N–H and O–H groups in total. The number of phosphoric acid groups is 2. The Morgan fingerprint density at radius 3 is 1.69 bits per heavy atom. The third kappa shape index (κ3) is 14.7. The van der Waals surface area contributed by atoms with Gasteiger partial charge in [0.15, 0.2) is 17.7 Å². The van der Waals surface area contributed by atoms with Crippen molar-refractivity contribution in [1.29, 1.82) is 0 Å². The molecule has 3 heterocycles. The lowest BCUT2D eigenvalue weighted by Crippen LogP contribution is -2.35. The number of nitrogens with two attached hydrogens (primary N) is 1. The Morgan fingerprint density at radius 2 is 1.19 bits per heavy atom. The third-order valence-corrected chi connectivity index (χ3v) is 16.4. The summed E-state index contributed by atoms with van der Waals surface area (Å²) in [6.45, 7) is 1.40. The second-order valence-electron chi connectivity index (χ2n) is 15.2. The van der Waals surface area contributed by atoms with Gasteiger partial charge in [-0.05, 0) is 49.2 Å². The number of anilines is 1. The molecule has 1 fully saturated rings. The van der Waals surface area contributed by atoms with E-state index in [-0.39, 0.29) is 41.7 Å². The molecular weight excluding hydrogens is 998 g/mol. The maximum atomic E-state index is 14.4. The molecule has 4 aromatic carbocycles. The van der Waals surface area contributed by atoms with E-state index in [1.165, 1.54) is 73.3 Å². The summed E-state index contributed by atoms with van der Waals surface area (Å²) in [6.07, 6.45) is -2.47. The van der Waals surface area contributed by atoms with Gasteiger partial charge >= 0.3 is 43.1 Å². The Hall–Kier alpha value is -5.67. The second kappa shape index (κ2) is 23.0. The molecule has 1 saturated heterocycles. The van der Waals surface area contributed by atoms with Crippen LogP contribution in [0, 0.1) is 0 Å². The number of para-hydroxylation sites is 2. The van der Waals surface area contributed by atoms with E-state index >= 15 is 0 Å². The number of nitrogens with one attached hydrogen (secondary N) is 2. The molecule has 2 aromatic heterocycles. The molecule has 28 heteroatoms. The van der Waals surface area contributed by atoms with E-state index in [1.807, 2.05) is 0 Å². The number of hydrogen-bond donors (Lipinski definition) is 5. The van der Waals surface area contributed by atoms with E-state index in [9.17, 15) is 37.6 Å². The lowest BCUT2D eigenvalue weighted by Gasteiger charge is -2.26. The number of benzene rings is 4. The van der Waals surface area contributed by atoms with Crippen LogP contribution >= 0.6 is 31.1 Å². The number of carbonyl (C=O) groups is 2. The highest BCUT2D eigenvalue weighted by Crippen LogP contribution is 2.63. The number of ether oxygens (including phenoxy) is 3. The first-order valence-electron chi connectivity index (χ1n) is 21.0. The van der Waals surface area contributed by atoms with Crippen molar-refractivity contribution >= 4 is 60.1 Å². The highest BCUT2D eigenvalue weighted by molar-refractivity contribution is 7.64. The van der Waals surface area contributed by atoms with E-state index < -0.39 is 86.6 Å². The smallest absolute Gasteiger partial charge is 0.460 e. The van der Waals surface area contributed by atoms with Gasteiger partial charge in [-0.2, -0.15) is 18.8 Å². The summed E-state index contributed by atoms with van der Waals surface area (Å²) in [4.78, 5) is 60.6. The van der Waals surface area contributed by atoms with Gasteiger partial charge < -0.3 is 38.8 Å². The number of fused-ring (bicyclic) bond motifs is 1. The number of aromatic nitrogens is 4. The van der Waals surface area contributed by atoms with Gasteiger partial charge in [-0.3, -0.25) is 23.2 Å². The molecule has 0 spiro atoms. The Bertz CT molecular complexity index is 2910. The van der Waals surface area contributed by atoms with Crippen LogP contribution in [0.4, 0.5) is 5.82 Å². The van der Waals surface area contributed by atoms with Gasteiger partial charge in [-0.25, -0.2) is 33.2 Å². The van der Waals surface area contributed by atoms with Crippen molar-refractivity contribution in [2.45, 2.75) is 64.0 Å². The zero-order chi connectivity index (χ0) is 49.9. The summed E-state index contributed by atoms with van der Waals surface area (Å²) in [6, 6.07) is 29.4. The van der Waals surface area contributed by atoms with Crippen molar-refractivity contribution in [2.24, 2.45) is 0 Å². The molecule has 6 aromatic rings. The van der Waals surface area contributed by atoms with Gasteiger partial charge in [-0.15, -0.1) is 0 Å². The largest absolute Gasteiger partial charge is 0.481 e. The van der Waals surface area contributed by atoms with Crippen molar-refractivity contribution in [1.82, 2.24) is 29.7 Å². The molecule has 1 aliphatic heterocycles. The first-order chi connectivity index (χ1) is 33.4. The van der Waals surface area contributed by atoms with Gasteiger partial charge in [-0.1, -0.05) is 97.1 Å². The monoisotopic (exact) mass is 1050 g/mol. The molecular formula is C42H47N7O17P4. The predicted molar refractivity (Wildman–Crippen MR) is 248 cm³/mol. The summed E-state index contributed by atoms with van der Waals surface area (Å²) in [5.74, 6) is -2.04. The molecule has 372 valence electrons. The van der Waals surface area contributed by atoms with E-state index in [4.69, 9.17) is 46.7 Å². The summed E-state index contributed by atoms with van der Waals surface area (Å²) in [5.41, 5.74) is 7.47. The maximum Gasteiger partial charge on any atom is 0.481 e. The number of nitrogen functional groups attached to an aromatic ring is 1. The molecule has 0 saturated carbocycles. The summed E-state index contributed by atoms with van der Waals surface area (Å²) in [7, 11) is -21.1. The highest BCUT2D eigenvalue weighted by atomic mass is 31.3. The van der Waals surface area contributed by atoms with Crippen LogP contribution in [0.15, 0.2) is 134 Å². The normalized spacial score (nSPS) is 20.1. The summed E-state index contributed by atoms with van der Waals surface area (Å²) in [5, 5.41) is 4.64. The molecule has 0 amide bonds. The quantitative estimate of drug-likeness (QED) is 0.0297. The van der Waals surface area contributed by atoms with E-state index in [2.05, 4.69) is 25.1 Å². The minimum absolute atomic E-state index is 0.0374. The molecule has 1 aliphatic rings. The highest BCUT2D eigenvalue weighted by Gasteiger charge is 2.48. The van der Waals surface area contributed by atoms with Gasteiger partial charge in [0.05, 0.1) is 19.0 Å². The number of hydrogen-bond acceptors (Lipinski definition) is 19. The lowest BCUT2D eigenvalue weighted by molar-refractivity contribution is -0.147. The number of carbonyl (C=O) groups excluding carboxylic acids is 2. The molecule has 9 atom stereocenters. The van der Waals surface area contributed by atoms with Crippen LogP contribution in [0.2, 0.25) is 0 Å². The molecule has 0 bridgehead atoms. The zero-order valence-electron chi connectivity index (χ0n) is 37.1. The molecule has 24 nitrogen and oxygen atoms in total. The average molecular weight is 1050 g/mol. The lowest BCUT2D eigenvalue weighted by atomic mass is 10.2. The van der Waals surface area contributed by atoms with Crippen molar-refractivity contribution in [3.63, 3.8) is 0 Å². The number of esters is 2. The van der Waals surface area contributed by atoms with E-state index in [0.717, 1.165) is 6.33 Å². The number of nitrogens with zero attached hydrogens (tertiary/aromatic N) is 4. The fraction of sp³-hybridized carbons (Fsp3) is 0.262. The van der Waals surface area contributed by atoms with Crippen LogP contribution in [-0.4, -0.2) is 72.1 Å². The van der Waals surface area contributed by atoms with E-state index in [0.29, 0.717) is 11.1 Å². The van der Waals surface area contributed by atoms with Gasteiger partial charge in [0.2, 0.25) is 0 Å². The van der Waals surface area contributed by atoms with Crippen LogP contribution in [0.3, 0.4) is 0 Å². The molecule has 70 heavy (non-hydrogen) atoms. The maximum absolute atomic E-state index is 14.4. The van der Waals surface area contributed by atoms with Crippen LogP contribution in [0.25, 0.3) is 11.2 Å². The zero-order valence-corrected chi connectivity index (χ0v) is 40.7.